The molecule has 0 spiro atoms. The van der Waals surface area contributed by atoms with E-state index in [1.165, 1.54) is 44.9 Å². The highest BCUT2D eigenvalue weighted by molar-refractivity contribution is 4.73. The molecule has 16 heavy (non-hydrogen) atoms. The van der Waals surface area contributed by atoms with Gasteiger partial charge in [-0.25, -0.2) is 0 Å². The van der Waals surface area contributed by atoms with Crippen molar-refractivity contribution in [2.75, 3.05) is 19.8 Å². The van der Waals surface area contributed by atoms with Crippen LogP contribution < -0.4 is 0 Å². The first-order valence-electron chi connectivity index (χ1n) is 7.16. The fourth-order valence-corrected chi connectivity index (χ4v) is 3.01. The second-order valence-electron chi connectivity index (χ2n) is 5.27. The van der Waals surface area contributed by atoms with Crippen LogP contribution in [0.2, 0.25) is 0 Å². The Hall–Kier alpha value is -0.0800. The van der Waals surface area contributed by atoms with Crippen LogP contribution in [0.15, 0.2) is 0 Å². The van der Waals surface area contributed by atoms with Gasteiger partial charge in [0.25, 0.3) is 0 Å². The number of ether oxygens (including phenoxy) is 2. The summed E-state index contributed by atoms with van der Waals surface area (Å²) in [5.41, 5.74) is 0. The molecule has 1 unspecified atom stereocenters. The molecule has 1 atom stereocenters. The van der Waals surface area contributed by atoms with Gasteiger partial charge in [-0.05, 0) is 31.6 Å². The van der Waals surface area contributed by atoms with Gasteiger partial charge in [0, 0.05) is 19.8 Å². The molecule has 2 heteroatoms. The van der Waals surface area contributed by atoms with Crippen molar-refractivity contribution in [1.82, 2.24) is 0 Å². The van der Waals surface area contributed by atoms with Gasteiger partial charge >= 0.3 is 0 Å². The van der Waals surface area contributed by atoms with E-state index in [0.717, 1.165) is 38.6 Å². The van der Waals surface area contributed by atoms with Crippen molar-refractivity contribution >= 4 is 0 Å². The van der Waals surface area contributed by atoms with Crippen LogP contribution in [0.25, 0.3) is 0 Å². The highest BCUT2D eigenvalue weighted by Crippen LogP contribution is 2.28. The molecule has 1 aliphatic heterocycles. The summed E-state index contributed by atoms with van der Waals surface area (Å²) in [4.78, 5) is 0. The third kappa shape index (κ3) is 4.06. The van der Waals surface area contributed by atoms with E-state index >= 15 is 0 Å². The van der Waals surface area contributed by atoms with Crippen LogP contribution in [0.5, 0.6) is 0 Å². The first kappa shape index (κ1) is 12.4. The fraction of sp³-hybridized carbons (Fsp3) is 1.00. The third-order valence-electron chi connectivity index (χ3n) is 3.99. The minimum absolute atomic E-state index is 0.485. The minimum atomic E-state index is 0.485. The normalized spacial score (nSPS) is 31.1. The fourth-order valence-electron chi connectivity index (χ4n) is 3.01. The van der Waals surface area contributed by atoms with Gasteiger partial charge < -0.3 is 9.47 Å². The van der Waals surface area contributed by atoms with Crippen molar-refractivity contribution in [2.24, 2.45) is 5.92 Å². The summed E-state index contributed by atoms with van der Waals surface area (Å²) in [6, 6.07) is 0. The first-order chi connectivity index (χ1) is 7.97. The summed E-state index contributed by atoms with van der Waals surface area (Å²) in [6.45, 7) is 2.69. The molecule has 0 aromatic carbocycles. The Morgan fingerprint density at radius 3 is 2.19 bits per heavy atom. The topological polar surface area (TPSA) is 18.5 Å². The molecule has 1 saturated heterocycles. The molecule has 0 aromatic rings. The smallest absolute Gasteiger partial charge is 0.0625 e. The lowest BCUT2D eigenvalue weighted by molar-refractivity contribution is -0.0463. The summed E-state index contributed by atoms with van der Waals surface area (Å²) in [5, 5.41) is 0. The quantitative estimate of drug-likeness (QED) is 0.681. The Morgan fingerprint density at radius 1 is 0.625 bits per heavy atom. The highest BCUT2D eigenvalue weighted by atomic mass is 16.5. The number of hydrogen-bond donors (Lipinski definition) is 0. The standard InChI is InChI=1S/C14H26O2/c1-2-4-7-13(8-5-3-1)14-9-12-15-10-6-11-16-14/h13-14H,1-12H2. The molecule has 1 heterocycles. The average Bonchev–Trinajstić information content (AvgIpc) is 2.18. The van der Waals surface area contributed by atoms with Gasteiger partial charge in [0.05, 0.1) is 6.10 Å². The maximum atomic E-state index is 6.04. The van der Waals surface area contributed by atoms with Gasteiger partial charge in [0.15, 0.2) is 0 Å². The summed E-state index contributed by atoms with van der Waals surface area (Å²) in [6.07, 6.45) is 12.6. The van der Waals surface area contributed by atoms with E-state index in [9.17, 15) is 0 Å². The Balaban J connectivity index is 1.81. The van der Waals surface area contributed by atoms with Crippen molar-refractivity contribution in [3.63, 3.8) is 0 Å². The molecule has 0 radical (unpaired) electrons. The molecule has 0 bridgehead atoms. The van der Waals surface area contributed by atoms with E-state index in [1.807, 2.05) is 0 Å². The second kappa shape index (κ2) is 7.29. The largest absolute Gasteiger partial charge is 0.381 e. The van der Waals surface area contributed by atoms with Crippen molar-refractivity contribution in [1.29, 1.82) is 0 Å². The van der Waals surface area contributed by atoms with Crippen LogP contribution >= 0.6 is 0 Å². The van der Waals surface area contributed by atoms with E-state index in [4.69, 9.17) is 9.47 Å². The maximum Gasteiger partial charge on any atom is 0.0625 e. The zero-order valence-electron chi connectivity index (χ0n) is 10.5. The SMILES string of the molecule is C1CCCC(C2CCOCCCO2)CCC1. The van der Waals surface area contributed by atoms with Crippen molar-refractivity contribution in [3.8, 4) is 0 Å². The van der Waals surface area contributed by atoms with E-state index < -0.39 is 0 Å². The van der Waals surface area contributed by atoms with Crippen LogP contribution in [-0.2, 0) is 9.47 Å². The van der Waals surface area contributed by atoms with Crippen molar-refractivity contribution in [2.45, 2.75) is 63.9 Å². The molecular weight excluding hydrogens is 200 g/mol. The van der Waals surface area contributed by atoms with E-state index in [1.54, 1.807) is 0 Å². The van der Waals surface area contributed by atoms with Gasteiger partial charge in [-0.1, -0.05) is 32.1 Å². The van der Waals surface area contributed by atoms with Crippen LogP contribution in [0.4, 0.5) is 0 Å². The zero-order valence-corrected chi connectivity index (χ0v) is 10.5. The molecule has 1 aliphatic carbocycles. The molecule has 94 valence electrons. The van der Waals surface area contributed by atoms with E-state index in [-0.39, 0.29) is 0 Å². The monoisotopic (exact) mass is 226 g/mol. The summed E-state index contributed by atoms with van der Waals surface area (Å²) < 4.78 is 11.6. The number of rotatable bonds is 1. The van der Waals surface area contributed by atoms with Gasteiger partial charge in [0.1, 0.15) is 0 Å². The molecule has 0 aromatic heterocycles. The molecule has 2 fully saturated rings. The van der Waals surface area contributed by atoms with Gasteiger partial charge in [-0.3, -0.25) is 0 Å². The lowest BCUT2D eigenvalue weighted by Gasteiger charge is -2.30. The zero-order chi connectivity index (χ0) is 11.1. The third-order valence-corrected chi connectivity index (χ3v) is 3.99. The summed E-state index contributed by atoms with van der Waals surface area (Å²) in [7, 11) is 0. The van der Waals surface area contributed by atoms with Crippen molar-refractivity contribution in [3.05, 3.63) is 0 Å². The van der Waals surface area contributed by atoms with Gasteiger partial charge in [0.2, 0.25) is 0 Å². The second-order valence-corrected chi connectivity index (χ2v) is 5.27. The van der Waals surface area contributed by atoms with Crippen molar-refractivity contribution < 1.29 is 9.47 Å². The first-order valence-corrected chi connectivity index (χ1v) is 7.16. The van der Waals surface area contributed by atoms with Gasteiger partial charge in [-0.15, -0.1) is 0 Å². The van der Waals surface area contributed by atoms with Crippen LogP contribution in [-0.4, -0.2) is 25.9 Å². The lowest BCUT2D eigenvalue weighted by Crippen LogP contribution is -2.29. The van der Waals surface area contributed by atoms with Gasteiger partial charge in [-0.2, -0.15) is 0 Å². The van der Waals surface area contributed by atoms with E-state index in [2.05, 4.69) is 0 Å². The van der Waals surface area contributed by atoms with E-state index in [0.29, 0.717) is 6.10 Å². The Kier molecular flexibility index (Phi) is 5.64. The highest BCUT2D eigenvalue weighted by Gasteiger charge is 2.23. The maximum absolute atomic E-state index is 6.04. The Bertz CT molecular complexity index is 146. The lowest BCUT2D eigenvalue weighted by atomic mass is 9.86. The molecule has 2 rings (SSSR count). The van der Waals surface area contributed by atoms with Crippen LogP contribution in [0.3, 0.4) is 0 Å². The molecule has 2 aliphatic rings. The van der Waals surface area contributed by atoms with Crippen LogP contribution in [0, 0.1) is 5.92 Å². The molecule has 0 N–H and O–H groups in total. The number of hydrogen-bond acceptors (Lipinski definition) is 2. The molecule has 0 amide bonds. The van der Waals surface area contributed by atoms with Crippen LogP contribution in [0.1, 0.15) is 57.8 Å². The molecular formula is C14H26O2. The summed E-state index contributed by atoms with van der Waals surface area (Å²) in [5.74, 6) is 0.807. The average molecular weight is 226 g/mol. The summed E-state index contributed by atoms with van der Waals surface area (Å²) >= 11 is 0. The minimum Gasteiger partial charge on any atom is -0.381 e. The Morgan fingerprint density at radius 2 is 1.38 bits per heavy atom. The predicted molar refractivity (Wildman–Crippen MR) is 65.6 cm³/mol. The molecule has 2 nitrogen and oxygen atoms in total. The molecule has 1 saturated carbocycles. The Labute approximate surface area is 99.7 Å². The predicted octanol–water partition coefficient (Wildman–Crippen LogP) is 3.54.